The molecule has 0 aliphatic rings. The van der Waals surface area contributed by atoms with Crippen LogP contribution >= 0.6 is 0 Å². The van der Waals surface area contributed by atoms with Crippen molar-refractivity contribution in [1.82, 2.24) is 0 Å². The van der Waals surface area contributed by atoms with Gasteiger partial charge < -0.3 is 0 Å². The van der Waals surface area contributed by atoms with Crippen LogP contribution in [0.5, 0.6) is 0 Å². The van der Waals surface area contributed by atoms with Crippen molar-refractivity contribution in [3.8, 4) is 0 Å². The lowest BCUT2D eigenvalue weighted by atomic mass is 10.0. The van der Waals surface area contributed by atoms with E-state index in [9.17, 15) is 0 Å². The Hall–Kier alpha value is -1.56. The van der Waals surface area contributed by atoms with E-state index in [-0.39, 0.29) is 0 Å². The second-order valence-corrected chi connectivity index (χ2v) is 9.43. The number of hydrogen-bond acceptors (Lipinski definition) is 0. The van der Waals surface area contributed by atoms with E-state index in [4.69, 9.17) is 0 Å². The Morgan fingerprint density at radius 3 is 1.65 bits per heavy atom. The van der Waals surface area contributed by atoms with Gasteiger partial charge in [-0.15, -0.1) is 0 Å². The molecule has 0 radical (unpaired) electrons. The largest absolute Gasteiger partial charge is 0.0885 e. The van der Waals surface area contributed by atoms with Gasteiger partial charge in [0.15, 0.2) is 0 Å². The van der Waals surface area contributed by atoms with Gasteiger partial charge in [0.05, 0.1) is 0 Å². The molecule has 0 atom stereocenters. The molecule has 0 nitrogen and oxygen atoms in total. The number of allylic oxidation sites excluding steroid dienone is 2. The van der Waals surface area contributed by atoms with E-state index in [2.05, 4.69) is 61.5 Å². The quantitative estimate of drug-likeness (QED) is 0.156. The smallest absolute Gasteiger partial charge is 0.0181 e. The molecule has 2 aromatic carbocycles. The highest BCUT2D eigenvalue weighted by Crippen LogP contribution is 2.18. The summed E-state index contributed by atoms with van der Waals surface area (Å²) in [5.74, 6) is 0. The number of benzene rings is 2. The second-order valence-electron chi connectivity index (χ2n) is 9.43. The van der Waals surface area contributed by atoms with Crippen LogP contribution in [0, 0.1) is 0 Å². The van der Waals surface area contributed by atoms with Crippen LogP contribution in [0.2, 0.25) is 0 Å². The Morgan fingerprint density at radius 1 is 0.516 bits per heavy atom. The van der Waals surface area contributed by atoms with Crippen molar-refractivity contribution in [3.05, 3.63) is 60.2 Å². The molecular formula is C31H48. The molecule has 0 unspecified atom stereocenters. The third-order valence-electron chi connectivity index (χ3n) is 6.54. The van der Waals surface area contributed by atoms with Gasteiger partial charge in [-0.1, -0.05) is 145 Å². The van der Waals surface area contributed by atoms with Gasteiger partial charge in [0, 0.05) is 0 Å². The maximum atomic E-state index is 2.40. The van der Waals surface area contributed by atoms with Gasteiger partial charge >= 0.3 is 0 Å². The van der Waals surface area contributed by atoms with Gasteiger partial charge in [-0.2, -0.15) is 0 Å². The van der Waals surface area contributed by atoms with E-state index >= 15 is 0 Å². The molecule has 2 rings (SSSR count). The number of fused-ring (bicyclic) bond motifs is 1. The molecule has 0 spiro atoms. The van der Waals surface area contributed by atoms with Gasteiger partial charge in [-0.25, -0.2) is 0 Å². The molecule has 0 amide bonds. The van der Waals surface area contributed by atoms with Crippen LogP contribution in [0.4, 0.5) is 0 Å². The summed E-state index contributed by atoms with van der Waals surface area (Å²) in [4.78, 5) is 0. The summed E-state index contributed by atoms with van der Waals surface area (Å²) in [7, 11) is 0. The maximum absolute atomic E-state index is 2.40. The summed E-state index contributed by atoms with van der Waals surface area (Å²) in [6, 6.07) is 15.7. The lowest BCUT2D eigenvalue weighted by molar-refractivity contribution is 0.537. The van der Waals surface area contributed by atoms with Crippen LogP contribution in [0.15, 0.2) is 54.6 Å². The van der Waals surface area contributed by atoms with Crippen molar-refractivity contribution >= 4 is 10.8 Å². The van der Waals surface area contributed by atoms with E-state index < -0.39 is 0 Å². The van der Waals surface area contributed by atoms with E-state index in [0.29, 0.717) is 0 Å². The average Bonchev–Trinajstić information content (AvgIpc) is 2.80. The summed E-state index contributed by atoms with van der Waals surface area (Å²) < 4.78 is 0. The predicted octanol–water partition coefficient (Wildman–Crippen LogP) is 10.6. The van der Waals surface area contributed by atoms with Crippen molar-refractivity contribution in [2.24, 2.45) is 0 Å². The molecule has 2 aromatic rings. The zero-order chi connectivity index (χ0) is 21.8. The Labute approximate surface area is 193 Å². The van der Waals surface area contributed by atoms with Crippen LogP contribution in [0.25, 0.3) is 10.8 Å². The first kappa shape index (κ1) is 25.7. The van der Waals surface area contributed by atoms with Crippen LogP contribution in [-0.2, 0) is 6.42 Å². The number of rotatable bonds is 19. The summed E-state index contributed by atoms with van der Waals surface area (Å²) in [5, 5.41) is 2.74. The fraction of sp³-hybridized carbons (Fsp3) is 0.613. The molecule has 0 bridgehead atoms. The van der Waals surface area contributed by atoms with E-state index in [1.54, 1.807) is 0 Å². The van der Waals surface area contributed by atoms with Gasteiger partial charge in [-0.05, 0) is 48.4 Å². The van der Waals surface area contributed by atoms with E-state index in [1.807, 2.05) is 0 Å². The van der Waals surface area contributed by atoms with Gasteiger partial charge in [0.1, 0.15) is 0 Å². The second kappa shape index (κ2) is 18.1. The molecule has 0 aromatic heterocycles. The Balaban J connectivity index is 1.31. The zero-order valence-electron chi connectivity index (χ0n) is 20.4. The molecular weight excluding hydrogens is 372 g/mol. The molecule has 0 aliphatic carbocycles. The predicted molar refractivity (Wildman–Crippen MR) is 141 cm³/mol. The number of aryl methyl sites for hydroxylation is 1. The Kier molecular flexibility index (Phi) is 15.0. The first-order valence-electron chi connectivity index (χ1n) is 13.5. The topological polar surface area (TPSA) is 0 Å². The molecule has 0 saturated heterocycles. The molecule has 31 heavy (non-hydrogen) atoms. The highest BCUT2D eigenvalue weighted by molar-refractivity contribution is 5.82. The molecule has 0 N–H and O–H groups in total. The molecule has 0 aliphatic heterocycles. The minimum absolute atomic E-state index is 1.24. The van der Waals surface area contributed by atoms with Crippen molar-refractivity contribution in [2.75, 3.05) is 0 Å². The van der Waals surface area contributed by atoms with Crippen LogP contribution in [-0.4, -0.2) is 0 Å². The summed E-state index contributed by atoms with van der Waals surface area (Å²) in [5.41, 5.74) is 1.50. The fourth-order valence-electron chi connectivity index (χ4n) is 4.49. The van der Waals surface area contributed by atoms with Crippen LogP contribution in [0.3, 0.4) is 0 Å². The standard InChI is InChI=1S/C31H48/c1-2-3-4-5-6-7-8-9-10-11-12-13-14-15-16-17-18-19-20-23-29-26-27-30-24-21-22-25-31(30)28-29/h5-6,21-22,24-28H,2-4,7-20,23H2,1H3/b6-5+. The van der Waals surface area contributed by atoms with Gasteiger partial charge in [0.25, 0.3) is 0 Å². The average molecular weight is 421 g/mol. The third kappa shape index (κ3) is 12.8. The fourth-order valence-corrected chi connectivity index (χ4v) is 4.49. The van der Waals surface area contributed by atoms with Crippen molar-refractivity contribution < 1.29 is 0 Å². The SMILES string of the molecule is CCCC/C=C/CCCCCCCCCCCCCCCc1ccc2ccccc2c1. The number of unbranched alkanes of at least 4 members (excludes halogenated alkanes) is 15. The lowest BCUT2D eigenvalue weighted by Gasteiger charge is -2.05. The lowest BCUT2D eigenvalue weighted by Crippen LogP contribution is -1.87. The first-order valence-corrected chi connectivity index (χ1v) is 13.5. The zero-order valence-corrected chi connectivity index (χ0v) is 20.4. The van der Waals surface area contributed by atoms with Gasteiger partial charge in [-0.3, -0.25) is 0 Å². The third-order valence-corrected chi connectivity index (χ3v) is 6.54. The molecule has 172 valence electrons. The van der Waals surface area contributed by atoms with Gasteiger partial charge in [0.2, 0.25) is 0 Å². The summed E-state index contributed by atoms with van der Waals surface area (Å²) in [6.07, 6.45) is 29.8. The minimum atomic E-state index is 1.24. The van der Waals surface area contributed by atoms with Crippen LogP contribution < -0.4 is 0 Å². The van der Waals surface area contributed by atoms with Crippen molar-refractivity contribution in [1.29, 1.82) is 0 Å². The Bertz CT molecular complexity index is 696. The maximum Gasteiger partial charge on any atom is -0.0181 e. The highest BCUT2D eigenvalue weighted by Gasteiger charge is 1.98. The minimum Gasteiger partial charge on any atom is -0.0885 e. The first-order chi connectivity index (χ1) is 15.4. The molecule has 0 heterocycles. The normalized spacial score (nSPS) is 11.6. The highest BCUT2D eigenvalue weighted by atomic mass is 14.0. The molecule has 0 heteroatoms. The van der Waals surface area contributed by atoms with E-state index in [0.717, 1.165) is 0 Å². The Morgan fingerprint density at radius 2 is 1.03 bits per heavy atom. The summed E-state index contributed by atoms with van der Waals surface area (Å²) in [6.45, 7) is 2.27. The van der Waals surface area contributed by atoms with Crippen LogP contribution in [0.1, 0.15) is 122 Å². The molecule has 0 saturated carbocycles. The molecule has 0 fully saturated rings. The van der Waals surface area contributed by atoms with Crippen molar-refractivity contribution in [2.45, 2.75) is 122 Å². The summed E-state index contributed by atoms with van der Waals surface area (Å²) >= 11 is 0. The number of hydrogen-bond donors (Lipinski definition) is 0. The van der Waals surface area contributed by atoms with Crippen molar-refractivity contribution in [3.63, 3.8) is 0 Å². The van der Waals surface area contributed by atoms with E-state index in [1.165, 1.54) is 132 Å². The monoisotopic (exact) mass is 420 g/mol.